The van der Waals surface area contributed by atoms with Crippen molar-refractivity contribution in [3.8, 4) is 0 Å². The summed E-state index contributed by atoms with van der Waals surface area (Å²) < 4.78 is 0. The highest BCUT2D eigenvalue weighted by molar-refractivity contribution is 5.58. The molecule has 0 radical (unpaired) electrons. The van der Waals surface area contributed by atoms with E-state index in [0.717, 1.165) is 12.8 Å². The van der Waals surface area contributed by atoms with Crippen LogP contribution < -0.4 is 16.0 Å². The van der Waals surface area contributed by atoms with Gasteiger partial charge in [-0.1, -0.05) is 0 Å². The van der Waals surface area contributed by atoms with Crippen LogP contribution in [0.4, 0.5) is 17.3 Å². The molecule has 108 valence electrons. The van der Waals surface area contributed by atoms with E-state index in [1.54, 1.807) is 6.07 Å². The van der Waals surface area contributed by atoms with E-state index in [4.69, 9.17) is 5.73 Å². The number of nitrogens with one attached hydrogen (secondary N) is 1. The minimum atomic E-state index is -0.503. The van der Waals surface area contributed by atoms with Crippen molar-refractivity contribution < 1.29 is 4.92 Å². The van der Waals surface area contributed by atoms with Gasteiger partial charge >= 0.3 is 5.69 Å². The van der Waals surface area contributed by atoms with Crippen molar-refractivity contribution in [2.75, 3.05) is 17.7 Å². The third kappa shape index (κ3) is 2.29. The van der Waals surface area contributed by atoms with Gasteiger partial charge in [0.25, 0.3) is 0 Å². The number of aromatic nitrogens is 1. The van der Waals surface area contributed by atoms with Crippen LogP contribution in [0.2, 0.25) is 0 Å². The number of pyridine rings is 1. The molecule has 20 heavy (non-hydrogen) atoms. The summed E-state index contributed by atoms with van der Waals surface area (Å²) in [5.74, 6) is 0.690. The van der Waals surface area contributed by atoms with E-state index in [-0.39, 0.29) is 11.5 Å². The van der Waals surface area contributed by atoms with Gasteiger partial charge in [0.2, 0.25) is 5.82 Å². The predicted octanol–water partition coefficient (Wildman–Crippen LogP) is 1.29. The number of nitro groups is 1. The maximum absolute atomic E-state index is 10.8. The van der Waals surface area contributed by atoms with E-state index in [1.165, 1.54) is 18.9 Å². The standard InChI is InChI=1S/C13H19N5O2/c1-17(10-6-8-2-3-9(7-10)15-8)12-5-4-11(18(19)20)13(14)16-12/h4-5,8-10,15H,2-3,6-7H2,1H3,(H2,14,16). The zero-order valence-electron chi connectivity index (χ0n) is 11.5. The molecule has 0 aliphatic carbocycles. The number of nitrogens with two attached hydrogens (primary N) is 1. The third-order valence-electron chi connectivity index (χ3n) is 4.44. The Hall–Kier alpha value is -1.89. The second kappa shape index (κ2) is 4.90. The van der Waals surface area contributed by atoms with Gasteiger partial charge in [-0.3, -0.25) is 10.1 Å². The largest absolute Gasteiger partial charge is 0.378 e. The van der Waals surface area contributed by atoms with Crippen molar-refractivity contribution in [1.82, 2.24) is 10.3 Å². The number of nitrogen functional groups attached to an aromatic ring is 1. The fraction of sp³-hybridized carbons (Fsp3) is 0.615. The van der Waals surface area contributed by atoms with Crippen LogP contribution in [0.5, 0.6) is 0 Å². The molecule has 3 N–H and O–H groups in total. The van der Waals surface area contributed by atoms with Crippen molar-refractivity contribution in [2.24, 2.45) is 0 Å². The van der Waals surface area contributed by atoms with Crippen LogP contribution in [0.3, 0.4) is 0 Å². The number of piperidine rings is 1. The zero-order valence-corrected chi connectivity index (χ0v) is 11.5. The lowest BCUT2D eigenvalue weighted by Crippen LogP contribution is -2.47. The third-order valence-corrected chi connectivity index (χ3v) is 4.44. The maximum atomic E-state index is 10.8. The van der Waals surface area contributed by atoms with E-state index in [1.807, 2.05) is 7.05 Å². The van der Waals surface area contributed by atoms with Gasteiger partial charge in [-0.05, 0) is 31.7 Å². The van der Waals surface area contributed by atoms with Crippen molar-refractivity contribution in [3.63, 3.8) is 0 Å². The number of nitrogens with zero attached hydrogens (tertiary/aromatic N) is 3. The molecule has 7 nitrogen and oxygen atoms in total. The van der Waals surface area contributed by atoms with Gasteiger partial charge in [-0.15, -0.1) is 0 Å². The van der Waals surface area contributed by atoms with Crippen LogP contribution in [0.25, 0.3) is 0 Å². The Bertz CT molecular complexity index is 523. The van der Waals surface area contributed by atoms with Gasteiger partial charge in [-0.2, -0.15) is 0 Å². The quantitative estimate of drug-likeness (QED) is 0.638. The maximum Gasteiger partial charge on any atom is 0.311 e. The number of fused-ring (bicyclic) bond motifs is 2. The van der Waals surface area contributed by atoms with E-state index in [2.05, 4.69) is 15.2 Å². The van der Waals surface area contributed by atoms with Gasteiger partial charge in [0, 0.05) is 31.2 Å². The average molecular weight is 277 g/mol. The molecule has 0 spiro atoms. The minimum absolute atomic E-state index is 0.0174. The van der Waals surface area contributed by atoms with Gasteiger partial charge in [0.05, 0.1) is 4.92 Å². The molecule has 2 aliphatic rings. The minimum Gasteiger partial charge on any atom is -0.378 e. The molecule has 2 bridgehead atoms. The Labute approximate surface area is 117 Å². The first kappa shape index (κ1) is 13.1. The Balaban J connectivity index is 1.78. The van der Waals surface area contributed by atoms with Crippen LogP contribution in [-0.2, 0) is 0 Å². The molecule has 0 saturated carbocycles. The average Bonchev–Trinajstić information content (AvgIpc) is 2.76. The Kier molecular flexibility index (Phi) is 3.21. The lowest BCUT2D eigenvalue weighted by molar-refractivity contribution is -0.384. The normalized spacial score (nSPS) is 28.4. The highest BCUT2D eigenvalue weighted by Gasteiger charge is 2.35. The van der Waals surface area contributed by atoms with E-state index >= 15 is 0 Å². The molecule has 2 unspecified atom stereocenters. The van der Waals surface area contributed by atoms with Crippen molar-refractivity contribution in [2.45, 2.75) is 43.8 Å². The second-order valence-corrected chi connectivity index (χ2v) is 5.70. The van der Waals surface area contributed by atoms with Gasteiger partial charge in [0.1, 0.15) is 5.82 Å². The van der Waals surface area contributed by atoms with E-state index < -0.39 is 4.92 Å². The molecular weight excluding hydrogens is 258 g/mol. The fourth-order valence-corrected chi connectivity index (χ4v) is 3.34. The molecule has 3 rings (SSSR count). The van der Waals surface area contributed by atoms with Crippen LogP contribution in [0.1, 0.15) is 25.7 Å². The zero-order chi connectivity index (χ0) is 14.3. The highest BCUT2D eigenvalue weighted by Crippen LogP contribution is 2.32. The summed E-state index contributed by atoms with van der Waals surface area (Å²) in [4.78, 5) is 16.5. The summed E-state index contributed by atoms with van der Waals surface area (Å²) >= 11 is 0. The molecule has 1 aromatic rings. The number of anilines is 2. The SMILES string of the molecule is CN(c1ccc([N+](=O)[O-])c(N)n1)C1CC2CCC(C1)N2. The van der Waals surface area contributed by atoms with Gasteiger partial charge in [0.15, 0.2) is 0 Å². The highest BCUT2D eigenvalue weighted by atomic mass is 16.6. The molecular formula is C13H19N5O2. The van der Waals surface area contributed by atoms with Crippen molar-refractivity contribution in [1.29, 1.82) is 0 Å². The molecule has 2 aliphatic heterocycles. The summed E-state index contributed by atoms with van der Waals surface area (Å²) in [6.07, 6.45) is 4.66. The molecule has 2 atom stereocenters. The molecule has 0 amide bonds. The van der Waals surface area contributed by atoms with E-state index in [0.29, 0.717) is 23.9 Å². The van der Waals surface area contributed by atoms with Crippen molar-refractivity contribution >= 4 is 17.3 Å². The van der Waals surface area contributed by atoms with Gasteiger partial charge in [-0.25, -0.2) is 4.98 Å². The van der Waals surface area contributed by atoms with Gasteiger partial charge < -0.3 is 16.0 Å². The lowest BCUT2D eigenvalue weighted by Gasteiger charge is -2.36. The summed E-state index contributed by atoms with van der Waals surface area (Å²) in [7, 11) is 1.99. The van der Waals surface area contributed by atoms with Crippen LogP contribution >= 0.6 is 0 Å². The summed E-state index contributed by atoms with van der Waals surface area (Å²) in [5, 5.41) is 14.4. The molecule has 1 aromatic heterocycles. The second-order valence-electron chi connectivity index (χ2n) is 5.70. The molecule has 7 heteroatoms. The van der Waals surface area contributed by atoms with Crippen LogP contribution in [-0.4, -0.2) is 35.1 Å². The molecule has 0 aromatic carbocycles. The first-order valence-electron chi connectivity index (χ1n) is 6.94. The first-order chi connectivity index (χ1) is 9.54. The fourth-order valence-electron chi connectivity index (χ4n) is 3.34. The summed E-state index contributed by atoms with van der Waals surface area (Å²) in [6, 6.07) is 4.72. The lowest BCUT2D eigenvalue weighted by atomic mass is 9.98. The number of hydrogen-bond acceptors (Lipinski definition) is 6. The summed E-state index contributed by atoms with van der Waals surface area (Å²) in [5.41, 5.74) is 5.53. The Morgan fingerprint density at radius 3 is 2.60 bits per heavy atom. The van der Waals surface area contributed by atoms with Crippen molar-refractivity contribution in [3.05, 3.63) is 22.2 Å². The first-order valence-corrected chi connectivity index (χ1v) is 6.94. The Morgan fingerprint density at radius 2 is 2.05 bits per heavy atom. The predicted molar refractivity (Wildman–Crippen MR) is 76.7 cm³/mol. The molecule has 2 fully saturated rings. The topological polar surface area (TPSA) is 97.3 Å². The van der Waals surface area contributed by atoms with E-state index in [9.17, 15) is 10.1 Å². The monoisotopic (exact) mass is 277 g/mol. The summed E-state index contributed by atoms with van der Waals surface area (Å²) in [6.45, 7) is 0. The number of rotatable bonds is 3. The molecule has 3 heterocycles. The molecule has 2 saturated heterocycles. The smallest absolute Gasteiger partial charge is 0.311 e. The number of hydrogen-bond donors (Lipinski definition) is 2. The van der Waals surface area contributed by atoms with Crippen LogP contribution in [0.15, 0.2) is 12.1 Å². The van der Waals surface area contributed by atoms with Crippen LogP contribution in [0, 0.1) is 10.1 Å². The Morgan fingerprint density at radius 1 is 1.40 bits per heavy atom.